The molecule has 2 aliphatic heterocycles. The molecular weight excluding hydrogens is 374 g/mol. The number of hydrogen-bond acceptors (Lipinski definition) is 4. The van der Waals surface area contributed by atoms with Gasteiger partial charge in [0.2, 0.25) is 10.0 Å². The van der Waals surface area contributed by atoms with Gasteiger partial charge in [0.05, 0.1) is 23.4 Å². The zero-order chi connectivity index (χ0) is 18.5. The van der Waals surface area contributed by atoms with E-state index >= 15 is 0 Å². The van der Waals surface area contributed by atoms with Crippen molar-refractivity contribution in [3.05, 3.63) is 58.6 Å². The van der Waals surface area contributed by atoms with Crippen LogP contribution in [0.2, 0.25) is 5.02 Å². The van der Waals surface area contributed by atoms with Crippen LogP contribution in [0.3, 0.4) is 0 Å². The second kappa shape index (κ2) is 6.08. The minimum atomic E-state index is -3.69. The largest absolute Gasteiger partial charge is 0.485 e. The van der Waals surface area contributed by atoms with E-state index in [9.17, 15) is 13.2 Å². The number of ether oxygens (including phenoxy) is 1. The number of rotatable bonds is 2. The lowest BCUT2D eigenvalue weighted by Gasteiger charge is -2.34. The van der Waals surface area contributed by atoms with Crippen molar-refractivity contribution in [3.63, 3.8) is 0 Å². The fourth-order valence-electron chi connectivity index (χ4n) is 3.57. The van der Waals surface area contributed by atoms with Crippen molar-refractivity contribution in [2.24, 2.45) is 0 Å². The number of carbonyl (C=O) groups excluding carboxylic acids is 1. The standard InChI is InChI=1S/C19H18ClNO4S/c1-13-6-7-14(10-16(13)20)26(23,24)21-9-8-19(12-21)11-17(22)15-4-2-3-5-18(15)25-19/h2-7,10H,8-9,11-12H2,1H3. The van der Waals surface area contributed by atoms with Gasteiger partial charge in [0.15, 0.2) is 5.78 Å². The number of benzene rings is 2. The van der Waals surface area contributed by atoms with Crippen LogP contribution >= 0.6 is 11.6 Å². The van der Waals surface area contributed by atoms with Crippen molar-refractivity contribution in [3.8, 4) is 5.75 Å². The minimum Gasteiger partial charge on any atom is -0.485 e. The van der Waals surface area contributed by atoms with E-state index in [1.807, 2.05) is 13.0 Å². The maximum Gasteiger partial charge on any atom is 0.243 e. The minimum absolute atomic E-state index is 0.00974. The number of halogens is 1. The lowest BCUT2D eigenvalue weighted by Crippen LogP contribution is -2.45. The van der Waals surface area contributed by atoms with Crippen LogP contribution in [0.1, 0.15) is 28.8 Å². The predicted molar refractivity (Wildman–Crippen MR) is 98.3 cm³/mol. The molecule has 0 saturated carbocycles. The van der Waals surface area contributed by atoms with Gasteiger partial charge in [0.1, 0.15) is 11.4 Å². The fraction of sp³-hybridized carbons (Fsp3) is 0.316. The summed E-state index contributed by atoms with van der Waals surface area (Å²) in [4.78, 5) is 12.6. The second-order valence-electron chi connectivity index (χ2n) is 6.88. The number of sulfonamides is 1. The number of aryl methyl sites for hydroxylation is 1. The molecular formula is C19H18ClNO4S. The molecule has 26 heavy (non-hydrogen) atoms. The van der Waals surface area contributed by atoms with Crippen molar-refractivity contribution in [1.29, 1.82) is 0 Å². The van der Waals surface area contributed by atoms with Crippen LogP contribution in [0, 0.1) is 6.92 Å². The summed E-state index contributed by atoms with van der Waals surface area (Å²) in [6.07, 6.45) is 0.663. The van der Waals surface area contributed by atoms with Crippen LogP contribution in [0.5, 0.6) is 5.75 Å². The normalized spacial score (nSPS) is 23.1. The van der Waals surface area contributed by atoms with Gasteiger partial charge in [-0.3, -0.25) is 4.79 Å². The van der Waals surface area contributed by atoms with Gasteiger partial charge in [-0.1, -0.05) is 29.8 Å². The summed E-state index contributed by atoms with van der Waals surface area (Å²) in [5.74, 6) is 0.519. The number of carbonyl (C=O) groups is 1. The fourth-order valence-corrected chi connectivity index (χ4v) is 5.35. The molecule has 2 heterocycles. The Morgan fingerprint density at radius 1 is 1.19 bits per heavy atom. The highest BCUT2D eigenvalue weighted by Gasteiger charge is 2.48. The molecule has 0 aromatic heterocycles. The highest BCUT2D eigenvalue weighted by molar-refractivity contribution is 7.89. The smallest absolute Gasteiger partial charge is 0.243 e. The average molecular weight is 392 g/mol. The van der Waals surface area contributed by atoms with E-state index in [0.717, 1.165) is 5.56 Å². The summed E-state index contributed by atoms with van der Waals surface area (Å²) in [7, 11) is -3.69. The van der Waals surface area contributed by atoms with Crippen LogP contribution in [-0.4, -0.2) is 37.2 Å². The Hall–Kier alpha value is -1.89. The molecule has 5 nitrogen and oxygen atoms in total. The van der Waals surface area contributed by atoms with Crippen LogP contribution in [0.15, 0.2) is 47.4 Å². The van der Waals surface area contributed by atoms with E-state index in [0.29, 0.717) is 29.3 Å². The highest BCUT2D eigenvalue weighted by atomic mass is 35.5. The first-order valence-corrected chi connectivity index (χ1v) is 10.2. The van der Waals surface area contributed by atoms with E-state index in [2.05, 4.69) is 0 Å². The van der Waals surface area contributed by atoms with Gasteiger partial charge >= 0.3 is 0 Å². The maximum atomic E-state index is 13.0. The first kappa shape index (κ1) is 17.5. The first-order chi connectivity index (χ1) is 12.3. The average Bonchev–Trinajstić information content (AvgIpc) is 3.01. The summed E-state index contributed by atoms with van der Waals surface area (Å²) >= 11 is 6.09. The third-order valence-electron chi connectivity index (χ3n) is 5.06. The monoisotopic (exact) mass is 391 g/mol. The Kier molecular flexibility index (Phi) is 4.10. The first-order valence-electron chi connectivity index (χ1n) is 8.38. The number of para-hydroxylation sites is 1. The lowest BCUT2D eigenvalue weighted by atomic mass is 9.89. The van der Waals surface area contributed by atoms with E-state index in [1.165, 1.54) is 10.4 Å². The summed E-state index contributed by atoms with van der Waals surface area (Å²) in [5, 5.41) is 0.415. The molecule has 2 aliphatic rings. The Bertz CT molecular complexity index is 1000. The highest BCUT2D eigenvalue weighted by Crippen LogP contribution is 2.40. The van der Waals surface area contributed by atoms with Crippen LogP contribution in [0.25, 0.3) is 0 Å². The zero-order valence-corrected chi connectivity index (χ0v) is 15.8. The van der Waals surface area contributed by atoms with Gasteiger partial charge in [-0.2, -0.15) is 4.31 Å². The molecule has 0 amide bonds. The van der Waals surface area contributed by atoms with Gasteiger partial charge in [-0.15, -0.1) is 0 Å². The molecule has 1 atom stereocenters. The van der Waals surface area contributed by atoms with Crippen LogP contribution < -0.4 is 4.74 Å². The molecule has 0 bridgehead atoms. The summed E-state index contributed by atoms with van der Waals surface area (Å²) < 4.78 is 33.4. The molecule has 1 saturated heterocycles. The number of nitrogens with zero attached hydrogens (tertiary/aromatic N) is 1. The number of Topliss-reactive ketones (excluding diaryl/α,β-unsaturated/α-hetero) is 1. The van der Waals surface area contributed by atoms with Crippen LogP contribution in [0.4, 0.5) is 0 Å². The van der Waals surface area contributed by atoms with E-state index in [1.54, 1.807) is 30.3 Å². The Balaban J connectivity index is 1.62. The number of fused-ring (bicyclic) bond motifs is 1. The SMILES string of the molecule is Cc1ccc(S(=O)(=O)N2CCC3(CC(=O)c4ccccc4O3)C2)cc1Cl. The molecule has 4 rings (SSSR count). The Morgan fingerprint density at radius 2 is 1.96 bits per heavy atom. The quantitative estimate of drug-likeness (QED) is 0.786. The van der Waals surface area contributed by atoms with Gasteiger partial charge < -0.3 is 4.74 Å². The summed E-state index contributed by atoms with van der Waals surface area (Å²) in [6, 6.07) is 11.8. The van der Waals surface area contributed by atoms with Gasteiger partial charge in [0, 0.05) is 18.0 Å². The van der Waals surface area contributed by atoms with Crippen molar-refractivity contribution in [1.82, 2.24) is 4.31 Å². The Morgan fingerprint density at radius 3 is 2.73 bits per heavy atom. The van der Waals surface area contributed by atoms with E-state index < -0.39 is 15.6 Å². The van der Waals surface area contributed by atoms with Crippen molar-refractivity contribution < 1.29 is 17.9 Å². The third-order valence-corrected chi connectivity index (χ3v) is 7.31. The topological polar surface area (TPSA) is 63.7 Å². The lowest BCUT2D eigenvalue weighted by molar-refractivity contribution is 0.0498. The zero-order valence-electron chi connectivity index (χ0n) is 14.2. The van der Waals surface area contributed by atoms with Crippen LogP contribution in [-0.2, 0) is 10.0 Å². The van der Waals surface area contributed by atoms with Gasteiger partial charge in [0.25, 0.3) is 0 Å². The second-order valence-corrected chi connectivity index (χ2v) is 9.23. The van der Waals surface area contributed by atoms with E-state index in [4.69, 9.17) is 16.3 Å². The van der Waals surface area contributed by atoms with Crippen molar-refractivity contribution in [2.45, 2.75) is 30.3 Å². The molecule has 1 unspecified atom stereocenters. The van der Waals surface area contributed by atoms with Crippen molar-refractivity contribution in [2.75, 3.05) is 13.1 Å². The van der Waals surface area contributed by atoms with E-state index in [-0.39, 0.29) is 23.6 Å². The molecule has 2 aromatic carbocycles. The molecule has 2 aromatic rings. The molecule has 1 spiro atoms. The molecule has 136 valence electrons. The van der Waals surface area contributed by atoms with Gasteiger partial charge in [-0.05, 0) is 36.8 Å². The molecule has 7 heteroatoms. The molecule has 0 radical (unpaired) electrons. The molecule has 0 N–H and O–H groups in total. The summed E-state index contributed by atoms with van der Waals surface area (Å²) in [5.41, 5.74) is 0.582. The number of hydrogen-bond donors (Lipinski definition) is 0. The third kappa shape index (κ3) is 2.82. The predicted octanol–water partition coefficient (Wildman–Crippen LogP) is 3.45. The van der Waals surface area contributed by atoms with Crippen molar-refractivity contribution >= 4 is 27.4 Å². The Labute approximate surface area is 157 Å². The maximum absolute atomic E-state index is 13.0. The molecule has 0 aliphatic carbocycles. The summed E-state index contributed by atoms with van der Waals surface area (Å²) in [6.45, 7) is 2.28. The van der Waals surface area contributed by atoms with Gasteiger partial charge in [-0.25, -0.2) is 8.42 Å². The molecule has 1 fully saturated rings. The number of ketones is 1.